The highest BCUT2D eigenvalue weighted by Gasteiger charge is 2.29. The van der Waals surface area contributed by atoms with Crippen molar-refractivity contribution in [2.24, 2.45) is 0 Å². The molecule has 0 aromatic heterocycles. The largest absolute Gasteiger partial charge is 0.491 e. The van der Waals surface area contributed by atoms with Crippen LogP contribution in [-0.2, 0) is 17.5 Å². The Morgan fingerprint density at radius 1 is 1.18 bits per heavy atom. The van der Waals surface area contributed by atoms with Gasteiger partial charge in [-0.25, -0.2) is 4.79 Å². The van der Waals surface area contributed by atoms with Crippen LogP contribution in [0, 0.1) is 0 Å². The molecular formula is C20H22F3NO4. The Balaban J connectivity index is 1.82. The fraction of sp³-hybridized carbons (Fsp3) is 0.350. The van der Waals surface area contributed by atoms with Gasteiger partial charge in [-0.15, -0.1) is 0 Å². The van der Waals surface area contributed by atoms with Crippen molar-refractivity contribution in [2.45, 2.75) is 18.8 Å². The van der Waals surface area contributed by atoms with Gasteiger partial charge in [0.05, 0.1) is 18.2 Å². The number of ether oxygens (including phenoxy) is 2. The van der Waals surface area contributed by atoms with Gasteiger partial charge in [0.15, 0.2) is 0 Å². The van der Waals surface area contributed by atoms with Gasteiger partial charge < -0.3 is 14.6 Å². The zero-order valence-electron chi connectivity index (χ0n) is 15.6. The van der Waals surface area contributed by atoms with Gasteiger partial charge >= 0.3 is 12.1 Å². The van der Waals surface area contributed by atoms with Crippen molar-refractivity contribution in [2.75, 3.05) is 27.3 Å². The normalized spacial score (nSPS) is 12.7. The standard InChI is InChI=1S/C20H22F3NO4/c1-24(11-14-6-8-16(9-7-14)20(21,22)23)12-17(25)13-28-18-5-3-4-15(10-18)19(26)27-2/h3-10,17,25H,11-13H2,1-2H3. The topological polar surface area (TPSA) is 59.0 Å². The summed E-state index contributed by atoms with van der Waals surface area (Å²) < 4.78 is 47.9. The fourth-order valence-electron chi connectivity index (χ4n) is 2.61. The summed E-state index contributed by atoms with van der Waals surface area (Å²) >= 11 is 0. The SMILES string of the molecule is COC(=O)c1cccc(OCC(O)CN(C)Cc2ccc(C(F)(F)F)cc2)c1. The van der Waals surface area contributed by atoms with Crippen molar-refractivity contribution < 1.29 is 32.5 Å². The van der Waals surface area contributed by atoms with Crippen LogP contribution in [-0.4, -0.2) is 49.4 Å². The van der Waals surface area contributed by atoms with Crippen LogP contribution in [0.3, 0.4) is 0 Å². The average molecular weight is 397 g/mol. The van der Waals surface area contributed by atoms with E-state index in [0.717, 1.165) is 12.1 Å². The first-order valence-electron chi connectivity index (χ1n) is 8.53. The molecule has 0 saturated carbocycles. The molecule has 0 radical (unpaired) electrons. The Morgan fingerprint density at radius 2 is 1.86 bits per heavy atom. The molecule has 0 amide bonds. The van der Waals surface area contributed by atoms with E-state index in [1.807, 2.05) is 0 Å². The first-order valence-corrected chi connectivity index (χ1v) is 8.53. The van der Waals surface area contributed by atoms with Gasteiger partial charge in [-0.05, 0) is 42.9 Å². The van der Waals surface area contributed by atoms with Crippen molar-refractivity contribution in [3.05, 3.63) is 65.2 Å². The minimum atomic E-state index is -4.36. The summed E-state index contributed by atoms with van der Waals surface area (Å²) in [5, 5.41) is 10.1. The molecule has 0 heterocycles. The molecule has 1 unspecified atom stereocenters. The molecule has 2 rings (SSSR count). The molecule has 1 atom stereocenters. The quantitative estimate of drug-likeness (QED) is 0.693. The summed E-state index contributed by atoms with van der Waals surface area (Å²) in [6.45, 7) is 0.646. The number of carbonyl (C=O) groups is 1. The number of carbonyl (C=O) groups excluding carboxylic acids is 1. The van der Waals surface area contributed by atoms with E-state index in [4.69, 9.17) is 4.74 Å². The van der Waals surface area contributed by atoms with Crippen LogP contribution >= 0.6 is 0 Å². The number of halogens is 3. The van der Waals surface area contributed by atoms with Crippen molar-refractivity contribution in [3.8, 4) is 5.75 Å². The van der Waals surface area contributed by atoms with Gasteiger partial charge in [0, 0.05) is 13.1 Å². The Hall–Kier alpha value is -2.58. The maximum absolute atomic E-state index is 12.6. The predicted octanol–water partition coefficient (Wildman–Crippen LogP) is 3.36. The highest BCUT2D eigenvalue weighted by Crippen LogP contribution is 2.29. The van der Waals surface area contributed by atoms with Crippen molar-refractivity contribution in [3.63, 3.8) is 0 Å². The Kier molecular flexibility index (Phi) is 7.42. The zero-order chi connectivity index (χ0) is 20.7. The fourth-order valence-corrected chi connectivity index (χ4v) is 2.61. The van der Waals surface area contributed by atoms with E-state index >= 15 is 0 Å². The van der Waals surface area contributed by atoms with Crippen LogP contribution in [0.25, 0.3) is 0 Å². The maximum atomic E-state index is 12.6. The van der Waals surface area contributed by atoms with E-state index in [2.05, 4.69) is 4.74 Å². The van der Waals surface area contributed by atoms with Crippen molar-refractivity contribution >= 4 is 5.97 Å². The molecule has 0 aliphatic rings. The van der Waals surface area contributed by atoms with E-state index in [9.17, 15) is 23.1 Å². The molecule has 152 valence electrons. The molecule has 8 heteroatoms. The molecule has 0 saturated heterocycles. The van der Waals surface area contributed by atoms with E-state index in [0.29, 0.717) is 23.4 Å². The van der Waals surface area contributed by atoms with E-state index in [-0.39, 0.29) is 13.2 Å². The minimum absolute atomic E-state index is 0.00196. The number of aliphatic hydroxyl groups excluding tert-OH is 1. The smallest absolute Gasteiger partial charge is 0.416 e. The summed E-state index contributed by atoms with van der Waals surface area (Å²) in [6, 6.07) is 11.3. The van der Waals surface area contributed by atoms with Gasteiger partial charge in [0.1, 0.15) is 18.5 Å². The number of benzene rings is 2. The lowest BCUT2D eigenvalue weighted by Gasteiger charge is -2.21. The van der Waals surface area contributed by atoms with Crippen LogP contribution in [0.4, 0.5) is 13.2 Å². The zero-order valence-corrected chi connectivity index (χ0v) is 15.6. The van der Waals surface area contributed by atoms with Crippen LogP contribution in [0.1, 0.15) is 21.5 Å². The number of aliphatic hydroxyl groups is 1. The third-order valence-corrected chi connectivity index (χ3v) is 3.95. The number of esters is 1. The van der Waals surface area contributed by atoms with Crippen molar-refractivity contribution in [1.82, 2.24) is 4.90 Å². The molecule has 1 N–H and O–H groups in total. The third-order valence-electron chi connectivity index (χ3n) is 3.95. The highest BCUT2D eigenvalue weighted by molar-refractivity contribution is 5.89. The van der Waals surface area contributed by atoms with Gasteiger partial charge in [0.25, 0.3) is 0 Å². The molecule has 0 fully saturated rings. The lowest BCUT2D eigenvalue weighted by Crippen LogP contribution is -2.32. The van der Waals surface area contributed by atoms with E-state index in [1.54, 1.807) is 30.1 Å². The number of likely N-dealkylation sites (N-methyl/N-ethyl adjacent to an activating group) is 1. The molecule has 2 aromatic rings. The van der Waals surface area contributed by atoms with Crippen LogP contribution in [0.2, 0.25) is 0 Å². The molecule has 0 aliphatic carbocycles. The van der Waals surface area contributed by atoms with E-state index < -0.39 is 23.8 Å². The summed E-state index contributed by atoms with van der Waals surface area (Å²) in [5.74, 6) is -0.0605. The summed E-state index contributed by atoms with van der Waals surface area (Å²) in [4.78, 5) is 13.3. The number of methoxy groups -OCH3 is 1. The maximum Gasteiger partial charge on any atom is 0.416 e. The molecule has 5 nitrogen and oxygen atoms in total. The molecule has 0 aliphatic heterocycles. The number of rotatable bonds is 8. The number of hydrogen-bond acceptors (Lipinski definition) is 5. The van der Waals surface area contributed by atoms with Crippen LogP contribution in [0.5, 0.6) is 5.75 Å². The molecule has 2 aromatic carbocycles. The monoisotopic (exact) mass is 397 g/mol. The number of alkyl halides is 3. The summed E-state index contributed by atoms with van der Waals surface area (Å²) in [6.07, 6.45) is -5.18. The molecule has 28 heavy (non-hydrogen) atoms. The summed E-state index contributed by atoms with van der Waals surface area (Å²) in [5.41, 5.74) is 0.352. The van der Waals surface area contributed by atoms with E-state index in [1.165, 1.54) is 25.3 Å². The van der Waals surface area contributed by atoms with Crippen LogP contribution in [0.15, 0.2) is 48.5 Å². The van der Waals surface area contributed by atoms with Gasteiger partial charge in [-0.1, -0.05) is 18.2 Å². The Morgan fingerprint density at radius 3 is 2.46 bits per heavy atom. The second kappa shape index (κ2) is 9.57. The Labute approximate surface area is 161 Å². The lowest BCUT2D eigenvalue weighted by atomic mass is 10.1. The number of hydrogen-bond donors (Lipinski definition) is 1. The highest BCUT2D eigenvalue weighted by atomic mass is 19.4. The number of nitrogens with zero attached hydrogens (tertiary/aromatic N) is 1. The lowest BCUT2D eigenvalue weighted by molar-refractivity contribution is -0.137. The molecule has 0 bridgehead atoms. The molecular weight excluding hydrogens is 375 g/mol. The molecule has 0 spiro atoms. The van der Waals surface area contributed by atoms with Gasteiger partial charge in [-0.3, -0.25) is 4.90 Å². The third kappa shape index (κ3) is 6.54. The summed E-state index contributed by atoms with van der Waals surface area (Å²) in [7, 11) is 3.03. The minimum Gasteiger partial charge on any atom is -0.491 e. The van der Waals surface area contributed by atoms with Gasteiger partial charge in [-0.2, -0.15) is 13.2 Å². The second-order valence-electron chi connectivity index (χ2n) is 6.38. The predicted molar refractivity (Wildman–Crippen MR) is 97.1 cm³/mol. The second-order valence-corrected chi connectivity index (χ2v) is 6.38. The van der Waals surface area contributed by atoms with Gasteiger partial charge in [0.2, 0.25) is 0 Å². The van der Waals surface area contributed by atoms with Crippen LogP contribution < -0.4 is 4.74 Å². The Bertz CT molecular complexity index is 778. The van der Waals surface area contributed by atoms with Crippen molar-refractivity contribution in [1.29, 1.82) is 0 Å². The first kappa shape index (κ1) is 21.7. The average Bonchev–Trinajstić information content (AvgIpc) is 2.65. The first-order chi connectivity index (χ1) is 13.2.